The molecule has 0 aliphatic rings. The summed E-state index contributed by atoms with van der Waals surface area (Å²) in [5.41, 5.74) is 1.45. The van der Waals surface area contributed by atoms with Gasteiger partial charge >= 0.3 is 11.6 Å². The van der Waals surface area contributed by atoms with Gasteiger partial charge in [0, 0.05) is 28.9 Å². The van der Waals surface area contributed by atoms with Crippen molar-refractivity contribution in [3.63, 3.8) is 0 Å². The molecule has 1 amide bonds. The highest BCUT2D eigenvalue weighted by atomic mass is 16.5. The van der Waals surface area contributed by atoms with Gasteiger partial charge in [-0.25, -0.2) is 9.59 Å². The van der Waals surface area contributed by atoms with E-state index in [4.69, 9.17) is 13.9 Å². The molecule has 4 rings (SSSR count). The number of aryl methyl sites for hydroxylation is 1. The van der Waals surface area contributed by atoms with Gasteiger partial charge in [-0.1, -0.05) is 0 Å². The number of fused-ring (bicyclic) bond motifs is 2. The van der Waals surface area contributed by atoms with Crippen molar-refractivity contribution in [3.8, 4) is 17.2 Å². The van der Waals surface area contributed by atoms with Gasteiger partial charge in [0.15, 0.2) is 11.3 Å². The van der Waals surface area contributed by atoms with Gasteiger partial charge in [0.1, 0.15) is 11.8 Å². The monoisotopic (exact) mass is 480 g/mol. The number of ether oxygens (including phenoxy) is 2. The molecule has 0 saturated heterocycles. The number of hydrogen-bond acceptors (Lipinski definition) is 7. The van der Waals surface area contributed by atoms with Crippen LogP contribution in [0.15, 0.2) is 45.7 Å². The smallest absolute Gasteiger partial charge is 0.340 e. The third kappa shape index (κ3) is 4.50. The highest BCUT2D eigenvalue weighted by Crippen LogP contribution is 2.36. The lowest BCUT2D eigenvalue weighted by molar-refractivity contribution is -0.141. The molecule has 0 aliphatic heterocycles. The summed E-state index contributed by atoms with van der Waals surface area (Å²) in [5, 5.41) is 23.2. The number of hydrogen-bond donors (Lipinski definition) is 4. The van der Waals surface area contributed by atoms with E-state index in [-0.39, 0.29) is 35.5 Å². The topological polar surface area (TPSA) is 151 Å². The Bertz CT molecular complexity index is 1500. The number of H-pyrrole nitrogens is 1. The lowest BCUT2D eigenvalue weighted by Gasteiger charge is -2.15. The molecular weight excluding hydrogens is 456 g/mol. The van der Waals surface area contributed by atoms with Crippen LogP contribution in [0.1, 0.15) is 16.7 Å². The van der Waals surface area contributed by atoms with Gasteiger partial charge in [-0.15, -0.1) is 0 Å². The first-order valence-corrected chi connectivity index (χ1v) is 10.7. The number of phenols is 1. The second-order valence-electron chi connectivity index (χ2n) is 8.05. The Labute approximate surface area is 199 Å². The van der Waals surface area contributed by atoms with Crippen LogP contribution in [0.3, 0.4) is 0 Å². The zero-order chi connectivity index (χ0) is 25.3. The van der Waals surface area contributed by atoms with Crippen LogP contribution in [0.25, 0.3) is 21.9 Å². The fraction of sp³-hybridized carbons (Fsp3) is 0.240. The summed E-state index contributed by atoms with van der Waals surface area (Å²) < 4.78 is 16.0. The molecule has 2 heterocycles. The highest BCUT2D eigenvalue weighted by Gasteiger charge is 2.24. The van der Waals surface area contributed by atoms with E-state index in [0.29, 0.717) is 27.6 Å². The van der Waals surface area contributed by atoms with Gasteiger partial charge < -0.3 is 34.4 Å². The summed E-state index contributed by atoms with van der Waals surface area (Å²) in [6.45, 7) is 1.68. The summed E-state index contributed by atoms with van der Waals surface area (Å²) in [6, 6.07) is 6.83. The minimum Gasteiger partial charge on any atom is -0.508 e. The number of aromatic nitrogens is 1. The van der Waals surface area contributed by atoms with Crippen LogP contribution in [-0.4, -0.2) is 47.3 Å². The normalized spacial score (nSPS) is 12.0. The molecule has 10 nitrogen and oxygen atoms in total. The Balaban J connectivity index is 1.59. The van der Waals surface area contributed by atoms with Crippen molar-refractivity contribution in [3.05, 3.63) is 63.6 Å². The largest absolute Gasteiger partial charge is 0.508 e. The van der Waals surface area contributed by atoms with Crippen molar-refractivity contribution >= 4 is 33.7 Å². The number of phenolic OH excluding ortho intramolecular Hbond substituents is 1. The van der Waals surface area contributed by atoms with Gasteiger partial charge in [0.05, 0.1) is 26.2 Å². The maximum Gasteiger partial charge on any atom is 0.340 e. The Morgan fingerprint density at radius 1 is 1.14 bits per heavy atom. The number of carbonyl (C=O) groups excluding carboxylic acids is 1. The summed E-state index contributed by atoms with van der Waals surface area (Å²) >= 11 is 0. The Morgan fingerprint density at radius 3 is 2.60 bits per heavy atom. The first-order chi connectivity index (χ1) is 16.7. The number of carboxylic acid groups (broad SMARTS) is 1. The zero-order valence-corrected chi connectivity index (χ0v) is 19.3. The molecule has 0 saturated carbocycles. The number of rotatable bonds is 8. The van der Waals surface area contributed by atoms with E-state index in [2.05, 4.69) is 10.3 Å². The Morgan fingerprint density at radius 2 is 1.91 bits per heavy atom. The summed E-state index contributed by atoms with van der Waals surface area (Å²) in [5.74, 6) is -1.18. The van der Waals surface area contributed by atoms with Crippen LogP contribution in [0.5, 0.6) is 17.2 Å². The van der Waals surface area contributed by atoms with Gasteiger partial charge in [0.25, 0.3) is 0 Å². The van der Waals surface area contributed by atoms with Gasteiger partial charge in [-0.05, 0) is 48.4 Å². The van der Waals surface area contributed by atoms with E-state index >= 15 is 0 Å². The lowest BCUT2D eigenvalue weighted by Crippen LogP contribution is -2.43. The van der Waals surface area contributed by atoms with Crippen LogP contribution in [0.4, 0.5) is 0 Å². The number of aromatic amines is 1. The first kappa shape index (κ1) is 23.7. The summed E-state index contributed by atoms with van der Waals surface area (Å²) in [7, 11) is 2.89. The zero-order valence-electron chi connectivity index (χ0n) is 19.3. The SMILES string of the molecule is COc1ccc2c(C)c(CC(=O)NC(Cc3c[nH]c4ccc(O)cc34)C(=O)O)c(=O)oc2c1OC. The molecule has 0 bridgehead atoms. The second kappa shape index (κ2) is 9.41. The average Bonchev–Trinajstić information content (AvgIpc) is 3.22. The molecule has 2 aromatic heterocycles. The predicted molar refractivity (Wildman–Crippen MR) is 127 cm³/mol. The quantitative estimate of drug-likeness (QED) is 0.281. The number of benzene rings is 2. The molecule has 4 N–H and O–H groups in total. The molecule has 2 aromatic carbocycles. The van der Waals surface area contributed by atoms with Crippen LogP contribution in [0, 0.1) is 6.92 Å². The molecular formula is C25H24N2O8. The molecule has 35 heavy (non-hydrogen) atoms. The second-order valence-corrected chi connectivity index (χ2v) is 8.05. The van der Waals surface area contributed by atoms with Crippen LogP contribution in [0.2, 0.25) is 0 Å². The summed E-state index contributed by atoms with van der Waals surface area (Å²) in [6.07, 6.45) is 1.25. The number of amides is 1. The molecule has 0 spiro atoms. The molecule has 10 heteroatoms. The first-order valence-electron chi connectivity index (χ1n) is 10.7. The third-order valence-electron chi connectivity index (χ3n) is 5.94. The van der Waals surface area contributed by atoms with E-state index in [9.17, 15) is 24.6 Å². The van der Waals surface area contributed by atoms with E-state index in [1.165, 1.54) is 26.4 Å². The minimum atomic E-state index is -1.25. The average molecular weight is 480 g/mol. The van der Waals surface area contributed by atoms with Gasteiger partial charge in [-0.3, -0.25) is 4.79 Å². The Hall–Kier alpha value is -4.47. The predicted octanol–water partition coefficient (Wildman–Crippen LogP) is 2.66. The number of carbonyl (C=O) groups is 2. The molecule has 4 aromatic rings. The van der Waals surface area contributed by atoms with Crippen molar-refractivity contribution < 1.29 is 33.7 Å². The third-order valence-corrected chi connectivity index (χ3v) is 5.94. The molecule has 0 radical (unpaired) electrons. The van der Waals surface area contributed by atoms with Crippen LogP contribution < -0.4 is 20.4 Å². The molecule has 1 atom stereocenters. The van der Waals surface area contributed by atoms with Crippen molar-refractivity contribution in [2.45, 2.75) is 25.8 Å². The maximum atomic E-state index is 12.8. The lowest BCUT2D eigenvalue weighted by atomic mass is 10.0. The van der Waals surface area contributed by atoms with Crippen molar-refractivity contribution in [2.75, 3.05) is 14.2 Å². The molecule has 0 fully saturated rings. The van der Waals surface area contributed by atoms with Crippen LogP contribution in [-0.2, 0) is 22.4 Å². The number of aromatic hydroxyl groups is 1. The number of aliphatic carboxylic acids is 1. The number of nitrogens with one attached hydrogen (secondary N) is 2. The molecule has 182 valence electrons. The van der Waals surface area contributed by atoms with Crippen molar-refractivity contribution in [1.29, 1.82) is 0 Å². The molecule has 0 aliphatic carbocycles. The Kier molecular flexibility index (Phi) is 6.37. The van der Waals surface area contributed by atoms with Gasteiger partial charge in [0.2, 0.25) is 11.7 Å². The highest BCUT2D eigenvalue weighted by molar-refractivity contribution is 5.91. The summed E-state index contributed by atoms with van der Waals surface area (Å²) in [4.78, 5) is 40.4. The minimum absolute atomic E-state index is 0.0210. The van der Waals surface area contributed by atoms with Crippen LogP contribution >= 0.6 is 0 Å². The fourth-order valence-corrected chi connectivity index (χ4v) is 4.13. The van der Waals surface area contributed by atoms with E-state index < -0.39 is 23.5 Å². The fourth-order valence-electron chi connectivity index (χ4n) is 4.13. The van der Waals surface area contributed by atoms with Crippen molar-refractivity contribution in [1.82, 2.24) is 10.3 Å². The van der Waals surface area contributed by atoms with E-state index in [1.807, 2.05) is 0 Å². The maximum absolute atomic E-state index is 12.8. The van der Waals surface area contributed by atoms with Gasteiger partial charge in [-0.2, -0.15) is 0 Å². The standard InChI is InChI=1S/C25H24N2O8/c1-12-15-5-7-20(33-2)23(34-3)22(15)35-25(32)16(12)10-21(29)27-19(24(30)31)8-13-11-26-18-6-4-14(28)9-17(13)18/h4-7,9,11,19,26,28H,8,10H2,1-3H3,(H,27,29)(H,30,31). The van der Waals surface area contributed by atoms with Crippen molar-refractivity contribution in [2.24, 2.45) is 0 Å². The molecule has 1 unspecified atom stereocenters. The number of carboxylic acids is 1. The number of methoxy groups -OCH3 is 2. The van der Waals surface area contributed by atoms with E-state index in [0.717, 1.165) is 5.52 Å². The van der Waals surface area contributed by atoms with E-state index in [1.54, 1.807) is 31.3 Å².